The molecule has 1 aromatic rings. The Labute approximate surface area is 137 Å². The Morgan fingerprint density at radius 2 is 1.91 bits per heavy atom. The second-order valence-electron chi connectivity index (χ2n) is 5.23. The fourth-order valence-electron chi connectivity index (χ4n) is 2.34. The lowest BCUT2D eigenvalue weighted by Crippen LogP contribution is -2.46. The molecule has 23 heavy (non-hydrogen) atoms. The van der Waals surface area contributed by atoms with Crippen LogP contribution in [-0.4, -0.2) is 65.2 Å². The Bertz CT molecular complexity index is 610. The topological polar surface area (TPSA) is 87.7 Å². The summed E-state index contributed by atoms with van der Waals surface area (Å²) in [6.07, 6.45) is 0. The van der Waals surface area contributed by atoms with Gasteiger partial charge in [0.1, 0.15) is 0 Å². The monoisotopic (exact) mass is 341 g/mol. The molecule has 0 bridgehead atoms. The van der Waals surface area contributed by atoms with Crippen molar-refractivity contribution < 1.29 is 17.9 Å². The molecule has 1 fully saturated rings. The number of sulfonamides is 1. The molecule has 1 heterocycles. The normalized spacial score (nSPS) is 16.2. The summed E-state index contributed by atoms with van der Waals surface area (Å²) in [5, 5.41) is 3.25. The van der Waals surface area contributed by atoms with Gasteiger partial charge in [0, 0.05) is 39.3 Å². The van der Waals surface area contributed by atoms with E-state index in [1.54, 1.807) is 6.92 Å². The smallest absolute Gasteiger partial charge is 0.338 e. The SMILES string of the molecule is CCOC(=O)c1ccc(S(=O)(=O)NCCN2CCNCC2)cc1. The third-order valence-electron chi connectivity index (χ3n) is 3.61. The van der Waals surface area contributed by atoms with Gasteiger partial charge in [-0.15, -0.1) is 0 Å². The molecule has 1 aliphatic heterocycles. The van der Waals surface area contributed by atoms with E-state index in [0.717, 1.165) is 26.2 Å². The van der Waals surface area contributed by atoms with E-state index in [-0.39, 0.29) is 11.5 Å². The highest BCUT2D eigenvalue weighted by Gasteiger charge is 2.16. The summed E-state index contributed by atoms with van der Waals surface area (Å²) >= 11 is 0. The highest BCUT2D eigenvalue weighted by molar-refractivity contribution is 7.89. The van der Waals surface area contributed by atoms with Crippen LogP contribution in [0.2, 0.25) is 0 Å². The molecular formula is C15H23N3O4S. The fourth-order valence-corrected chi connectivity index (χ4v) is 3.36. The highest BCUT2D eigenvalue weighted by Crippen LogP contribution is 2.11. The quantitative estimate of drug-likeness (QED) is 0.681. The Hall–Kier alpha value is -1.48. The number of rotatable bonds is 7. The second-order valence-corrected chi connectivity index (χ2v) is 7.00. The van der Waals surface area contributed by atoms with E-state index in [0.29, 0.717) is 18.7 Å². The lowest BCUT2D eigenvalue weighted by molar-refractivity contribution is 0.0526. The van der Waals surface area contributed by atoms with Crippen LogP contribution in [0.3, 0.4) is 0 Å². The van der Waals surface area contributed by atoms with Crippen molar-refractivity contribution in [1.82, 2.24) is 14.9 Å². The van der Waals surface area contributed by atoms with E-state index in [1.165, 1.54) is 24.3 Å². The summed E-state index contributed by atoms with van der Waals surface area (Å²) < 4.78 is 31.9. The lowest BCUT2D eigenvalue weighted by atomic mass is 10.2. The minimum absolute atomic E-state index is 0.144. The Balaban J connectivity index is 1.89. The number of ether oxygens (including phenoxy) is 1. The summed E-state index contributed by atoms with van der Waals surface area (Å²) in [5.74, 6) is -0.455. The minimum atomic E-state index is -3.56. The summed E-state index contributed by atoms with van der Waals surface area (Å²) in [4.78, 5) is 13.9. The van der Waals surface area contributed by atoms with Crippen LogP contribution in [0.5, 0.6) is 0 Å². The summed E-state index contributed by atoms with van der Waals surface area (Å²) in [7, 11) is -3.56. The molecule has 0 spiro atoms. The van der Waals surface area contributed by atoms with Crippen molar-refractivity contribution in [3.63, 3.8) is 0 Å². The van der Waals surface area contributed by atoms with Gasteiger partial charge in [-0.2, -0.15) is 0 Å². The number of nitrogens with zero attached hydrogens (tertiary/aromatic N) is 1. The number of piperazine rings is 1. The van der Waals surface area contributed by atoms with E-state index < -0.39 is 16.0 Å². The van der Waals surface area contributed by atoms with Crippen molar-refractivity contribution in [2.45, 2.75) is 11.8 Å². The third-order valence-corrected chi connectivity index (χ3v) is 5.08. The maximum Gasteiger partial charge on any atom is 0.338 e. The number of hydrogen-bond acceptors (Lipinski definition) is 6. The summed E-state index contributed by atoms with van der Waals surface area (Å²) in [6.45, 7) is 6.77. The molecular weight excluding hydrogens is 318 g/mol. The van der Waals surface area contributed by atoms with Gasteiger partial charge in [-0.1, -0.05) is 0 Å². The molecule has 0 aromatic heterocycles. The molecule has 0 radical (unpaired) electrons. The molecule has 0 unspecified atom stereocenters. The first-order chi connectivity index (χ1) is 11.0. The molecule has 128 valence electrons. The molecule has 2 N–H and O–H groups in total. The van der Waals surface area contributed by atoms with E-state index in [1.807, 2.05) is 0 Å². The zero-order valence-corrected chi connectivity index (χ0v) is 14.1. The first kappa shape index (κ1) is 17.9. The number of hydrogen-bond donors (Lipinski definition) is 2. The van der Waals surface area contributed by atoms with E-state index in [2.05, 4.69) is 14.9 Å². The third kappa shape index (κ3) is 5.28. The Morgan fingerprint density at radius 3 is 2.52 bits per heavy atom. The second kappa shape index (κ2) is 8.39. The van der Waals surface area contributed by atoms with Gasteiger partial charge in [-0.3, -0.25) is 4.90 Å². The maximum atomic E-state index is 12.2. The maximum absolute atomic E-state index is 12.2. The van der Waals surface area contributed by atoms with Gasteiger partial charge in [0.15, 0.2) is 0 Å². The zero-order chi connectivity index (χ0) is 16.7. The number of carbonyl (C=O) groups is 1. The van der Waals surface area contributed by atoms with Gasteiger partial charge in [-0.05, 0) is 31.2 Å². The van der Waals surface area contributed by atoms with E-state index in [9.17, 15) is 13.2 Å². The van der Waals surface area contributed by atoms with Crippen molar-refractivity contribution >= 4 is 16.0 Å². The zero-order valence-electron chi connectivity index (χ0n) is 13.2. The molecule has 1 aliphatic rings. The number of nitrogens with one attached hydrogen (secondary N) is 2. The van der Waals surface area contributed by atoms with Crippen LogP contribution in [0.4, 0.5) is 0 Å². The van der Waals surface area contributed by atoms with Crippen LogP contribution in [-0.2, 0) is 14.8 Å². The standard InChI is InChI=1S/C15H23N3O4S/c1-2-22-15(19)13-3-5-14(6-4-13)23(20,21)17-9-12-18-10-7-16-8-11-18/h3-6,16-17H,2,7-12H2,1H3. The van der Waals surface area contributed by atoms with Crippen LogP contribution >= 0.6 is 0 Å². The fraction of sp³-hybridized carbons (Fsp3) is 0.533. The van der Waals surface area contributed by atoms with Gasteiger partial charge in [-0.25, -0.2) is 17.9 Å². The van der Waals surface area contributed by atoms with Crippen molar-refractivity contribution in [3.8, 4) is 0 Å². The molecule has 0 saturated carbocycles. The predicted molar refractivity (Wildman–Crippen MR) is 86.9 cm³/mol. The number of carbonyl (C=O) groups excluding carboxylic acids is 1. The van der Waals surface area contributed by atoms with E-state index >= 15 is 0 Å². The van der Waals surface area contributed by atoms with Crippen LogP contribution in [0.15, 0.2) is 29.2 Å². The molecule has 1 aromatic carbocycles. The molecule has 0 atom stereocenters. The molecule has 7 nitrogen and oxygen atoms in total. The molecule has 0 aliphatic carbocycles. The van der Waals surface area contributed by atoms with Crippen LogP contribution < -0.4 is 10.0 Å². The minimum Gasteiger partial charge on any atom is -0.462 e. The lowest BCUT2D eigenvalue weighted by Gasteiger charge is -2.27. The van der Waals surface area contributed by atoms with Crippen molar-refractivity contribution in [1.29, 1.82) is 0 Å². The molecule has 8 heteroatoms. The van der Waals surface area contributed by atoms with Crippen molar-refractivity contribution in [2.24, 2.45) is 0 Å². The van der Waals surface area contributed by atoms with Gasteiger partial charge in [0.2, 0.25) is 10.0 Å². The molecule has 2 rings (SSSR count). The van der Waals surface area contributed by atoms with Crippen LogP contribution in [0.1, 0.15) is 17.3 Å². The van der Waals surface area contributed by atoms with E-state index in [4.69, 9.17) is 4.74 Å². The number of esters is 1. The summed E-state index contributed by atoms with van der Waals surface area (Å²) in [5.41, 5.74) is 0.339. The van der Waals surface area contributed by atoms with Crippen LogP contribution in [0.25, 0.3) is 0 Å². The van der Waals surface area contributed by atoms with Gasteiger partial charge < -0.3 is 10.1 Å². The highest BCUT2D eigenvalue weighted by atomic mass is 32.2. The Morgan fingerprint density at radius 1 is 1.26 bits per heavy atom. The van der Waals surface area contributed by atoms with Crippen LogP contribution in [0, 0.1) is 0 Å². The van der Waals surface area contributed by atoms with Gasteiger partial charge in [0.25, 0.3) is 0 Å². The predicted octanol–water partition coefficient (Wildman–Crippen LogP) is 0.0468. The van der Waals surface area contributed by atoms with Gasteiger partial charge >= 0.3 is 5.97 Å². The van der Waals surface area contributed by atoms with Crippen molar-refractivity contribution in [3.05, 3.63) is 29.8 Å². The molecule has 0 amide bonds. The average Bonchev–Trinajstić information content (AvgIpc) is 2.56. The number of benzene rings is 1. The molecule has 1 saturated heterocycles. The average molecular weight is 341 g/mol. The largest absolute Gasteiger partial charge is 0.462 e. The Kier molecular flexibility index (Phi) is 6.52. The first-order valence-electron chi connectivity index (χ1n) is 7.73. The van der Waals surface area contributed by atoms with Crippen molar-refractivity contribution in [2.75, 3.05) is 45.9 Å². The van der Waals surface area contributed by atoms with Gasteiger partial charge in [0.05, 0.1) is 17.1 Å². The first-order valence-corrected chi connectivity index (χ1v) is 9.21. The summed E-state index contributed by atoms with van der Waals surface area (Å²) in [6, 6.07) is 5.75.